The van der Waals surface area contributed by atoms with Crippen LogP contribution in [0.1, 0.15) is 34.1 Å². The van der Waals surface area contributed by atoms with Crippen LogP contribution < -0.4 is 5.32 Å². The summed E-state index contributed by atoms with van der Waals surface area (Å²) >= 11 is 0. The van der Waals surface area contributed by atoms with Crippen LogP contribution in [0.2, 0.25) is 0 Å². The molecule has 0 aromatic carbocycles. The molecular formula is C12H26F2N2. The van der Waals surface area contributed by atoms with Crippen molar-refractivity contribution in [3.05, 3.63) is 0 Å². The second-order valence-corrected chi connectivity index (χ2v) is 5.49. The van der Waals surface area contributed by atoms with Gasteiger partial charge in [0.1, 0.15) is 0 Å². The molecule has 0 aliphatic rings. The minimum atomic E-state index is -2.25. The summed E-state index contributed by atoms with van der Waals surface area (Å²) in [5, 5.41) is 3.43. The highest BCUT2D eigenvalue weighted by atomic mass is 19.3. The maximum Gasteiger partial charge on any atom is 0.251 e. The molecule has 0 aromatic heterocycles. The SMILES string of the molecule is CCCNC(CN(C)CC(F)F)C(C)(C)C. The monoisotopic (exact) mass is 236 g/mol. The first kappa shape index (κ1) is 15.8. The molecule has 0 aliphatic heterocycles. The lowest BCUT2D eigenvalue weighted by atomic mass is 9.86. The molecule has 16 heavy (non-hydrogen) atoms. The second-order valence-electron chi connectivity index (χ2n) is 5.49. The summed E-state index contributed by atoms with van der Waals surface area (Å²) < 4.78 is 24.4. The second kappa shape index (κ2) is 7.17. The topological polar surface area (TPSA) is 15.3 Å². The van der Waals surface area contributed by atoms with Gasteiger partial charge in [0.25, 0.3) is 6.43 Å². The van der Waals surface area contributed by atoms with Gasteiger partial charge < -0.3 is 5.32 Å². The lowest BCUT2D eigenvalue weighted by molar-refractivity contribution is 0.0860. The van der Waals surface area contributed by atoms with Gasteiger partial charge in [0.15, 0.2) is 0 Å². The predicted molar refractivity (Wildman–Crippen MR) is 65.0 cm³/mol. The molecule has 0 fully saturated rings. The van der Waals surface area contributed by atoms with Crippen molar-refractivity contribution >= 4 is 0 Å². The van der Waals surface area contributed by atoms with Gasteiger partial charge in [0, 0.05) is 12.6 Å². The van der Waals surface area contributed by atoms with Gasteiger partial charge in [-0.3, -0.25) is 4.90 Å². The van der Waals surface area contributed by atoms with Crippen molar-refractivity contribution in [3.63, 3.8) is 0 Å². The zero-order valence-corrected chi connectivity index (χ0v) is 11.2. The van der Waals surface area contributed by atoms with E-state index < -0.39 is 6.43 Å². The van der Waals surface area contributed by atoms with E-state index in [1.165, 1.54) is 0 Å². The molecule has 0 spiro atoms. The molecule has 2 nitrogen and oxygen atoms in total. The standard InChI is InChI=1S/C12H26F2N2/c1-6-7-15-10(12(2,3)4)8-16(5)9-11(13)14/h10-11,15H,6-9H2,1-5H3. The Kier molecular flexibility index (Phi) is 7.07. The first-order valence-electron chi connectivity index (χ1n) is 5.97. The van der Waals surface area contributed by atoms with Crippen molar-refractivity contribution in [1.29, 1.82) is 0 Å². The summed E-state index contributed by atoms with van der Waals surface area (Å²) in [7, 11) is 1.75. The zero-order chi connectivity index (χ0) is 12.8. The van der Waals surface area contributed by atoms with Crippen LogP contribution in [0.3, 0.4) is 0 Å². The molecule has 1 atom stereocenters. The van der Waals surface area contributed by atoms with Gasteiger partial charge in [0.05, 0.1) is 6.54 Å². The fourth-order valence-electron chi connectivity index (χ4n) is 1.58. The van der Waals surface area contributed by atoms with Crippen LogP contribution >= 0.6 is 0 Å². The van der Waals surface area contributed by atoms with E-state index in [2.05, 4.69) is 33.0 Å². The molecule has 0 saturated carbocycles. The van der Waals surface area contributed by atoms with Crippen LogP contribution in [0.5, 0.6) is 0 Å². The van der Waals surface area contributed by atoms with Crippen molar-refractivity contribution in [1.82, 2.24) is 10.2 Å². The lowest BCUT2D eigenvalue weighted by Crippen LogP contribution is -2.48. The molecule has 0 saturated heterocycles. The van der Waals surface area contributed by atoms with Crippen LogP contribution in [-0.2, 0) is 0 Å². The number of hydrogen-bond donors (Lipinski definition) is 1. The average Bonchev–Trinajstić information content (AvgIpc) is 2.08. The Bertz CT molecular complexity index is 178. The molecule has 0 aliphatic carbocycles. The van der Waals surface area contributed by atoms with E-state index in [0.29, 0.717) is 6.54 Å². The molecule has 4 heteroatoms. The van der Waals surface area contributed by atoms with Crippen LogP contribution in [0.25, 0.3) is 0 Å². The van der Waals surface area contributed by atoms with E-state index in [1.54, 1.807) is 11.9 Å². The Balaban J connectivity index is 4.20. The first-order chi connectivity index (χ1) is 7.27. The van der Waals surface area contributed by atoms with E-state index in [-0.39, 0.29) is 18.0 Å². The quantitative estimate of drug-likeness (QED) is 0.731. The smallest absolute Gasteiger partial charge is 0.251 e. The number of hydrogen-bond acceptors (Lipinski definition) is 2. The third-order valence-electron chi connectivity index (χ3n) is 2.63. The van der Waals surface area contributed by atoms with Crippen LogP contribution in [-0.4, -0.2) is 44.0 Å². The zero-order valence-electron chi connectivity index (χ0n) is 11.2. The van der Waals surface area contributed by atoms with E-state index in [4.69, 9.17) is 0 Å². The lowest BCUT2D eigenvalue weighted by Gasteiger charge is -2.34. The van der Waals surface area contributed by atoms with Gasteiger partial charge in [-0.15, -0.1) is 0 Å². The normalized spacial score (nSPS) is 14.8. The largest absolute Gasteiger partial charge is 0.312 e. The number of nitrogens with zero attached hydrogens (tertiary/aromatic N) is 1. The first-order valence-corrected chi connectivity index (χ1v) is 5.97. The van der Waals surface area contributed by atoms with Crippen molar-refractivity contribution in [2.24, 2.45) is 5.41 Å². The van der Waals surface area contributed by atoms with Crippen LogP contribution in [0.15, 0.2) is 0 Å². The van der Waals surface area contributed by atoms with Gasteiger partial charge in [-0.25, -0.2) is 8.78 Å². The number of likely N-dealkylation sites (N-methyl/N-ethyl adjacent to an activating group) is 1. The van der Waals surface area contributed by atoms with Crippen molar-refractivity contribution < 1.29 is 8.78 Å². The fourth-order valence-corrected chi connectivity index (χ4v) is 1.58. The van der Waals surface area contributed by atoms with E-state index in [9.17, 15) is 8.78 Å². The Hall–Kier alpha value is -0.220. The van der Waals surface area contributed by atoms with Crippen molar-refractivity contribution in [2.45, 2.75) is 46.6 Å². The third kappa shape index (κ3) is 7.12. The molecule has 0 aromatic rings. The van der Waals surface area contributed by atoms with Gasteiger partial charge in [-0.05, 0) is 25.4 Å². The summed E-state index contributed by atoms with van der Waals surface area (Å²) in [5.41, 5.74) is 0.0888. The van der Waals surface area contributed by atoms with E-state index in [1.807, 2.05) is 0 Å². The Morgan fingerprint density at radius 3 is 2.12 bits per heavy atom. The number of rotatable bonds is 7. The van der Waals surface area contributed by atoms with Gasteiger partial charge in [-0.1, -0.05) is 27.7 Å². The summed E-state index contributed by atoms with van der Waals surface area (Å²) in [6, 6.07) is 0.246. The minimum absolute atomic E-state index is 0.0888. The summed E-state index contributed by atoms with van der Waals surface area (Å²) in [6.07, 6.45) is -1.19. The predicted octanol–water partition coefficient (Wildman–Crippen LogP) is 2.60. The van der Waals surface area contributed by atoms with E-state index in [0.717, 1.165) is 13.0 Å². The number of alkyl halides is 2. The Labute approximate surface area is 98.4 Å². The summed E-state index contributed by atoms with van der Waals surface area (Å²) in [5.74, 6) is 0. The highest BCUT2D eigenvalue weighted by molar-refractivity contribution is 4.82. The number of nitrogens with one attached hydrogen (secondary N) is 1. The molecule has 0 bridgehead atoms. The maximum atomic E-state index is 12.2. The average molecular weight is 236 g/mol. The maximum absolute atomic E-state index is 12.2. The van der Waals surface area contributed by atoms with Crippen molar-refractivity contribution in [2.75, 3.05) is 26.7 Å². The fraction of sp³-hybridized carbons (Fsp3) is 1.00. The summed E-state index contributed by atoms with van der Waals surface area (Å²) in [4.78, 5) is 1.70. The molecule has 0 heterocycles. The molecule has 0 rings (SSSR count). The molecule has 0 amide bonds. The van der Waals surface area contributed by atoms with Gasteiger partial charge in [0.2, 0.25) is 0 Å². The molecular weight excluding hydrogens is 210 g/mol. The van der Waals surface area contributed by atoms with Crippen LogP contribution in [0.4, 0.5) is 8.78 Å². The molecule has 0 radical (unpaired) electrons. The molecule has 98 valence electrons. The van der Waals surface area contributed by atoms with Gasteiger partial charge >= 0.3 is 0 Å². The van der Waals surface area contributed by atoms with E-state index >= 15 is 0 Å². The highest BCUT2D eigenvalue weighted by Crippen LogP contribution is 2.20. The van der Waals surface area contributed by atoms with Crippen molar-refractivity contribution in [3.8, 4) is 0 Å². The highest BCUT2D eigenvalue weighted by Gasteiger charge is 2.25. The summed E-state index contributed by atoms with van der Waals surface area (Å²) in [6.45, 7) is 9.96. The molecule has 1 unspecified atom stereocenters. The third-order valence-corrected chi connectivity index (χ3v) is 2.63. The Morgan fingerprint density at radius 2 is 1.75 bits per heavy atom. The minimum Gasteiger partial charge on any atom is -0.312 e. The Morgan fingerprint density at radius 1 is 1.19 bits per heavy atom. The van der Waals surface area contributed by atoms with Gasteiger partial charge in [-0.2, -0.15) is 0 Å². The molecule has 1 N–H and O–H groups in total. The van der Waals surface area contributed by atoms with Crippen LogP contribution in [0, 0.1) is 5.41 Å². The number of halogens is 2.